The van der Waals surface area contributed by atoms with Gasteiger partial charge in [0, 0.05) is 17.3 Å². The fraction of sp³-hybridized carbons (Fsp3) is 0.367. The van der Waals surface area contributed by atoms with Crippen LogP contribution in [0.1, 0.15) is 68.3 Å². The molecule has 9 nitrogen and oxygen atoms in total. The summed E-state index contributed by atoms with van der Waals surface area (Å²) in [5, 5.41) is 5.62. The Bertz CT molecular complexity index is 1310. The van der Waals surface area contributed by atoms with Gasteiger partial charge in [-0.2, -0.15) is 0 Å². The van der Waals surface area contributed by atoms with Crippen LogP contribution >= 0.6 is 0 Å². The first-order valence-electron chi connectivity index (χ1n) is 13.0. The number of anilines is 1. The minimum atomic E-state index is -1.03. The number of hydrogen-bond donors (Lipinski definition) is 2. The van der Waals surface area contributed by atoms with E-state index in [-0.39, 0.29) is 18.2 Å². The monoisotopic (exact) mass is 533 g/mol. The molecule has 0 saturated heterocycles. The molecule has 0 radical (unpaired) electrons. The van der Waals surface area contributed by atoms with Gasteiger partial charge in [-0.3, -0.25) is 19.3 Å². The molecule has 4 rings (SSSR count). The lowest BCUT2D eigenvalue weighted by atomic mass is 9.96. The Labute approximate surface area is 228 Å². The summed E-state index contributed by atoms with van der Waals surface area (Å²) in [5.41, 5.74) is 1.61. The van der Waals surface area contributed by atoms with Gasteiger partial charge in [0.1, 0.15) is 19.3 Å². The van der Waals surface area contributed by atoms with Gasteiger partial charge in [0.2, 0.25) is 11.8 Å². The molecule has 1 atom stereocenters. The maximum atomic E-state index is 13.9. The number of fused-ring (bicyclic) bond motifs is 1. The Morgan fingerprint density at radius 2 is 1.59 bits per heavy atom. The highest BCUT2D eigenvalue weighted by molar-refractivity contribution is 6.04. The van der Waals surface area contributed by atoms with E-state index >= 15 is 0 Å². The van der Waals surface area contributed by atoms with E-state index in [0.29, 0.717) is 41.9 Å². The quantitative estimate of drug-likeness (QED) is 0.438. The molecule has 3 aromatic rings. The number of nitrogens with zero attached hydrogens (tertiary/aromatic N) is 1. The fourth-order valence-electron chi connectivity index (χ4n) is 4.27. The van der Waals surface area contributed by atoms with Crippen LogP contribution in [0.25, 0.3) is 0 Å². The molecule has 2 aromatic carbocycles. The topological polar surface area (TPSA) is 110 Å². The van der Waals surface area contributed by atoms with Crippen LogP contribution in [-0.4, -0.2) is 43.0 Å². The number of carbonyl (C=O) groups is 3. The summed E-state index contributed by atoms with van der Waals surface area (Å²) >= 11 is 0. The van der Waals surface area contributed by atoms with Gasteiger partial charge in [-0.25, -0.2) is 0 Å². The first-order chi connectivity index (χ1) is 18.5. The molecule has 0 unspecified atom stereocenters. The minimum absolute atomic E-state index is 0.0833. The normalized spacial score (nSPS) is 13.5. The lowest BCUT2D eigenvalue weighted by Gasteiger charge is -2.34. The Balaban J connectivity index is 1.76. The molecule has 206 valence electrons. The zero-order valence-corrected chi connectivity index (χ0v) is 22.9. The van der Waals surface area contributed by atoms with E-state index in [4.69, 9.17) is 13.9 Å². The molecule has 9 heteroatoms. The van der Waals surface area contributed by atoms with Gasteiger partial charge in [-0.15, -0.1) is 0 Å². The highest BCUT2D eigenvalue weighted by Gasteiger charge is 2.35. The maximum Gasteiger partial charge on any atom is 0.287 e. The van der Waals surface area contributed by atoms with Crippen molar-refractivity contribution in [2.75, 3.05) is 24.7 Å². The van der Waals surface area contributed by atoms with Gasteiger partial charge in [-0.1, -0.05) is 38.1 Å². The lowest BCUT2D eigenvalue weighted by Crippen LogP contribution is -2.51. The minimum Gasteiger partial charge on any atom is -0.486 e. The second-order valence-electron chi connectivity index (χ2n) is 10.7. The molecule has 1 aliphatic rings. The number of hydrogen-bond acceptors (Lipinski definition) is 6. The largest absolute Gasteiger partial charge is 0.486 e. The van der Waals surface area contributed by atoms with Crippen LogP contribution < -0.4 is 25.0 Å². The molecule has 0 aliphatic carbocycles. The van der Waals surface area contributed by atoms with Gasteiger partial charge >= 0.3 is 0 Å². The van der Waals surface area contributed by atoms with Gasteiger partial charge in [0.25, 0.3) is 5.91 Å². The van der Waals surface area contributed by atoms with E-state index in [2.05, 4.69) is 24.5 Å². The number of furan rings is 1. The SMILES string of the molecule is CC(C)c1ccc([C@H](C(=O)NC(C)(C)C)N(C(=O)CNC(=O)c2ccco2)c2ccc3c(c2)OCCO3)cc1. The maximum absolute atomic E-state index is 13.9. The van der Waals surface area contributed by atoms with Crippen molar-refractivity contribution < 1.29 is 28.3 Å². The average molecular weight is 534 g/mol. The van der Waals surface area contributed by atoms with E-state index in [1.807, 2.05) is 45.0 Å². The molecule has 0 spiro atoms. The van der Waals surface area contributed by atoms with Crippen molar-refractivity contribution in [3.63, 3.8) is 0 Å². The summed E-state index contributed by atoms with van der Waals surface area (Å²) in [6.07, 6.45) is 1.38. The Kier molecular flexibility index (Phi) is 8.28. The van der Waals surface area contributed by atoms with Crippen molar-refractivity contribution in [2.24, 2.45) is 0 Å². The molecular formula is C30H35N3O6. The lowest BCUT2D eigenvalue weighted by molar-refractivity contribution is -0.127. The summed E-state index contributed by atoms with van der Waals surface area (Å²) in [5.74, 6) is 0.0245. The van der Waals surface area contributed by atoms with Crippen molar-refractivity contribution in [3.8, 4) is 11.5 Å². The Hall–Kier alpha value is -4.27. The van der Waals surface area contributed by atoms with E-state index in [1.165, 1.54) is 17.2 Å². The summed E-state index contributed by atoms with van der Waals surface area (Å²) in [4.78, 5) is 41.6. The predicted octanol–water partition coefficient (Wildman–Crippen LogP) is 4.59. The third-order valence-corrected chi connectivity index (χ3v) is 6.14. The van der Waals surface area contributed by atoms with Crippen LogP contribution in [0.4, 0.5) is 5.69 Å². The second-order valence-corrected chi connectivity index (χ2v) is 10.7. The van der Waals surface area contributed by atoms with E-state index in [0.717, 1.165) is 5.56 Å². The zero-order chi connectivity index (χ0) is 28.2. The molecule has 2 heterocycles. The van der Waals surface area contributed by atoms with Gasteiger partial charge in [0.15, 0.2) is 17.3 Å². The molecule has 1 aromatic heterocycles. The van der Waals surface area contributed by atoms with Crippen LogP contribution in [0, 0.1) is 0 Å². The van der Waals surface area contributed by atoms with Gasteiger partial charge in [0.05, 0.1) is 12.8 Å². The summed E-state index contributed by atoms with van der Waals surface area (Å²) in [6.45, 7) is 10.2. The number of carbonyl (C=O) groups excluding carboxylic acids is 3. The van der Waals surface area contributed by atoms with Crippen molar-refractivity contribution in [1.29, 1.82) is 0 Å². The Morgan fingerprint density at radius 1 is 0.923 bits per heavy atom. The summed E-state index contributed by atoms with van der Waals surface area (Å²) in [7, 11) is 0. The smallest absolute Gasteiger partial charge is 0.287 e. The number of benzene rings is 2. The van der Waals surface area contributed by atoms with Crippen molar-refractivity contribution in [2.45, 2.75) is 52.1 Å². The zero-order valence-electron chi connectivity index (χ0n) is 22.9. The molecule has 2 N–H and O–H groups in total. The number of rotatable bonds is 8. The van der Waals surface area contributed by atoms with E-state index < -0.39 is 23.4 Å². The van der Waals surface area contributed by atoms with E-state index in [9.17, 15) is 14.4 Å². The van der Waals surface area contributed by atoms with Gasteiger partial charge < -0.3 is 24.5 Å². The predicted molar refractivity (Wildman–Crippen MR) is 147 cm³/mol. The van der Waals surface area contributed by atoms with Crippen LogP contribution in [0.2, 0.25) is 0 Å². The molecule has 1 aliphatic heterocycles. The van der Waals surface area contributed by atoms with Crippen molar-refractivity contribution >= 4 is 23.4 Å². The van der Waals surface area contributed by atoms with Crippen LogP contribution in [-0.2, 0) is 9.59 Å². The molecular weight excluding hydrogens is 498 g/mol. The molecule has 0 saturated carbocycles. The molecule has 39 heavy (non-hydrogen) atoms. The Morgan fingerprint density at radius 3 is 2.21 bits per heavy atom. The van der Waals surface area contributed by atoms with Gasteiger partial charge in [-0.05, 0) is 62.1 Å². The molecule has 0 fully saturated rings. The highest BCUT2D eigenvalue weighted by Crippen LogP contribution is 2.37. The number of nitrogens with one attached hydrogen (secondary N) is 2. The van der Waals surface area contributed by atoms with E-state index in [1.54, 1.807) is 24.3 Å². The third-order valence-electron chi connectivity index (χ3n) is 6.14. The first-order valence-corrected chi connectivity index (χ1v) is 13.0. The fourth-order valence-corrected chi connectivity index (χ4v) is 4.27. The second kappa shape index (κ2) is 11.6. The first kappa shape index (κ1) is 27.8. The standard InChI is InChI=1S/C30H35N3O6/c1-19(2)20-8-10-21(11-9-20)27(29(36)32-30(3,4)5)33(22-12-13-23-25(17-22)39-16-15-38-23)26(34)18-31-28(35)24-7-6-14-37-24/h6-14,17,19,27H,15-16,18H2,1-5H3,(H,31,35)(H,32,36)/t27-/m1/s1. The van der Waals surface area contributed by atoms with Crippen LogP contribution in [0.3, 0.4) is 0 Å². The molecule has 3 amide bonds. The van der Waals surface area contributed by atoms with Crippen molar-refractivity contribution in [1.82, 2.24) is 10.6 Å². The van der Waals surface area contributed by atoms with Crippen LogP contribution in [0.15, 0.2) is 65.3 Å². The number of amides is 3. The van der Waals surface area contributed by atoms with Crippen LogP contribution in [0.5, 0.6) is 11.5 Å². The highest BCUT2D eigenvalue weighted by atomic mass is 16.6. The molecule has 0 bridgehead atoms. The number of ether oxygens (including phenoxy) is 2. The summed E-state index contributed by atoms with van der Waals surface area (Å²) < 4.78 is 16.6. The van der Waals surface area contributed by atoms with Crippen molar-refractivity contribution in [3.05, 3.63) is 77.7 Å². The average Bonchev–Trinajstić information content (AvgIpc) is 3.44. The third kappa shape index (κ3) is 6.79. The summed E-state index contributed by atoms with van der Waals surface area (Å²) in [6, 6.07) is 14.8.